The van der Waals surface area contributed by atoms with Gasteiger partial charge in [0.15, 0.2) is 5.03 Å². The maximum atomic E-state index is 10.4. The van der Waals surface area contributed by atoms with Gasteiger partial charge in [0.2, 0.25) is 0 Å². The Balaban J connectivity index is 2.18. The molecule has 1 fully saturated rings. The highest BCUT2D eigenvalue weighted by Gasteiger charge is 2.19. The first kappa shape index (κ1) is 13.3. The summed E-state index contributed by atoms with van der Waals surface area (Å²) >= 11 is 4.32. The zero-order chi connectivity index (χ0) is 13.8. The standard InChI is InChI=1S/C11H13N5O2S/c1-8-9(3-2-4-10(8)19)13-7-15-6-5-12-11(15)14-16(17)18/h2-4,7,19H,5-6H2,1H3,(H,12,14). The third-order valence-electron chi connectivity index (χ3n) is 2.70. The van der Waals surface area contributed by atoms with Crippen molar-refractivity contribution in [2.45, 2.75) is 11.8 Å². The minimum absolute atomic E-state index is 0.202. The van der Waals surface area contributed by atoms with Gasteiger partial charge in [-0.15, -0.1) is 12.6 Å². The largest absolute Gasteiger partial charge is 0.349 e. The van der Waals surface area contributed by atoms with E-state index >= 15 is 0 Å². The van der Waals surface area contributed by atoms with Crippen LogP contribution in [0.2, 0.25) is 0 Å². The van der Waals surface area contributed by atoms with Gasteiger partial charge in [-0.05, 0) is 24.6 Å². The Hall–Kier alpha value is -2.09. The van der Waals surface area contributed by atoms with E-state index in [2.05, 4.69) is 28.0 Å². The number of hydrogen-bond acceptors (Lipinski definition) is 4. The number of rotatable bonds is 3. The summed E-state index contributed by atoms with van der Waals surface area (Å²) in [5, 5.41) is 15.7. The van der Waals surface area contributed by atoms with Crippen LogP contribution in [-0.2, 0) is 0 Å². The highest BCUT2D eigenvalue weighted by Crippen LogP contribution is 2.23. The summed E-state index contributed by atoms with van der Waals surface area (Å²) in [7, 11) is 0. The highest BCUT2D eigenvalue weighted by molar-refractivity contribution is 7.80. The number of nitro groups is 1. The molecule has 2 rings (SSSR count). The van der Waals surface area contributed by atoms with Gasteiger partial charge in [-0.1, -0.05) is 6.07 Å². The van der Waals surface area contributed by atoms with Gasteiger partial charge in [0, 0.05) is 18.0 Å². The number of nitrogens with one attached hydrogen (secondary N) is 1. The smallest absolute Gasteiger partial charge is 0.276 e. The molecule has 0 aliphatic carbocycles. The zero-order valence-electron chi connectivity index (χ0n) is 10.3. The van der Waals surface area contributed by atoms with Crippen molar-refractivity contribution in [1.82, 2.24) is 10.2 Å². The second kappa shape index (κ2) is 5.70. The summed E-state index contributed by atoms with van der Waals surface area (Å²) in [5.74, 6) is 0.202. The van der Waals surface area contributed by atoms with Gasteiger partial charge in [0.25, 0.3) is 5.96 Å². The summed E-state index contributed by atoms with van der Waals surface area (Å²) in [5.41, 5.74) is 1.74. The van der Waals surface area contributed by atoms with E-state index in [0.29, 0.717) is 13.1 Å². The van der Waals surface area contributed by atoms with Gasteiger partial charge in [0.05, 0.1) is 12.0 Å². The predicted octanol–water partition coefficient (Wildman–Crippen LogP) is 1.40. The molecule has 1 aromatic rings. The van der Waals surface area contributed by atoms with E-state index in [-0.39, 0.29) is 5.96 Å². The fraction of sp³-hybridized carbons (Fsp3) is 0.273. The van der Waals surface area contributed by atoms with Crippen molar-refractivity contribution in [3.05, 3.63) is 33.9 Å². The average molecular weight is 279 g/mol. The first-order valence-electron chi connectivity index (χ1n) is 5.64. The van der Waals surface area contributed by atoms with Crippen molar-refractivity contribution in [2.24, 2.45) is 10.1 Å². The van der Waals surface area contributed by atoms with Gasteiger partial charge >= 0.3 is 0 Å². The third kappa shape index (κ3) is 3.22. The molecule has 0 bridgehead atoms. The normalized spacial score (nSPS) is 17.2. The number of benzene rings is 1. The molecular formula is C11H13N5O2S. The lowest BCUT2D eigenvalue weighted by atomic mass is 10.2. The van der Waals surface area contributed by atoms with Crippen LogP contribution >= 0.6 is 12.6 Å². The van der Waals surface area contributed by atoms with Crippen molar-refractivity contribution in [3.8, 4) is 0 Å². The molecule has 0 atom stereocenters. The quantitative estimate of drug-likeness (QED) is 0.288. The molecule has 1 heterocycles. The summed E-state index contributed by atoms with van der Waals surface area (Å²) in [6, 6.07) is 5.60. The first-order valence-corrected chi connectivity index (χ1v) is 6.09. The molecule has 100 valence electrons. The number of hydrogen-bond donors (Lipinski definition) is 2. The number of nitrogens with zero attached hydrogens (tertiary/aromatic N) is 4. The third-order valence-corrected chi connectivity index (χ3v) is 3.18. The molecule has 1 N–H and O–H groups in total. The lowest BCUT2D eigenvalue weighted by Crippen LogP contribution is -2.29. The molecule has 0 spiro atoms. The summed E-state index contributed by atoms with van der Waals surface area (Å²) in [6.45, 7) is 3.11. The van der Waals surface area contributed by atoms with E-state index < -0.39 is 5.03 Å². The van der Waals surface area contributed by atoms with Crippen LogP contribution in [-0.4, -0.2) is 35.3 Å². The van der Waals surface area contributed by atoms with Gasteiger partial charge in [-0.25, -0.2) is 15.1 Å². The van der Waals surface area contributed by atoms with E-state index in [1.807, 2.05) is 25.1 Å². The van der Waals surface area contributed by atoms with E-state index in [1.54, 1.807) is 4.90 Å². The number of hydrazone groups is 1. The maximum Gasteiger partial charge on any atom is 0.276 e. The Morgan fingerprint density at radius 1 is 1.58 bits per heavy atom. The molecule has 1 saturated heterocycles. The summed E-state index contributed by atoms with van der Waals surface area (Å²) in [6.07, 6.45) is 1.54. The molecule has 0 unspecified atom stereocenters. The fourth-order valence-electron chi connectivity index (χ4n) is 1.66. The molecule has 0 aromatic heterocycles. The van der Waals surface area contributed by atoms with Crippen molar-refractivity contribution < 1.29 is 5.03 Å². The van der Waals surface area contributed by atoms with Crippen molar-refractivity contribution in [1.29, 1.82) is 0 Å². The molecule has 19 heavy (non-hydrogen) atoms. The topological polar surface area (TPSA) is 83.1 Å². The molecule has 0 amide bonds. The molecule has 0 saturated carbocycles. The lowest BCUT2D eigenvalue weighted by molar-refractivity contribution is -0.485. The van der Waals surface area contributed by atoms with E-state index in [0.717, 1.165) is 16.1 Å². The van der Waals surface area contributed by atoms with Crippen molar-refractivity contribution >= 4 is 30.6 Å². The summed E-state index contributed by atoms with van der Waals surface area (Å²) in [4.78, 5) is 17.1. The van der Waals surface area contributed by atoms with E-state index in [1.165, 1.54) is 6.34 Å². The van der Waals surface area contributed by atoms with Crippen LogP contribution in [0.5, 0.6) is 0 Å². The van der Waals surface area contributed by atoms with Crippen LogP contribution in [0.3, 0.4) is 0 Å². The maximum absolute atomic E-state index is 10.4. The number of thiol groups is 1. The van der Waals surface area contributed by atoms with Crippen LogP contribution < -0.4 is 5.32 Å². The van der Waals surface area contributed by atoms with Crippen molar-refractivity contribution in [3.63, 3.8) is 0 Å². The van der Waals surface area contributed by atoms with Gasteiger partial charge in [-0.3, -0.25) is 4.90 Å². The Morgan fingerprint density at radius 3 is 3.11 bits per heavy atom. The molecule has 1 aliphatic rings. The second-order valence-electron chi connectivity index (χ2n) is 3.95. The molecule has 1 aliphatic heterocycles. The van der Waals surface area contributed by atoms with Crippen LogP contribution in [0.4, 0.5) is 5.69 Å². The molecule has 7 nitrogen and oxygen atoms in total. The first-order chi connectivity index (χ1) is 9.08. The molecular weight excluding hydrogens is 266 g/mol. The number of aliphatic imine (C=N–C) groups is 1. The lowest BCUT2D eigenvalue weighted by Gasteiger charge is -2.08. The van der Waals surface area contributed by atoms with Crippen molar-refractivity contribution in [2.75, 3.05) is 13.1 Å². The predicted molar refractivity (Wildman–Crippen MR) is 75.7 cm³/mol. The number of guanidine groups is 1. The van der Waals surface area contributed by atoms with Crippen LogP contribution in [0.25, 0.3) is 0 Å². The van der Waals surface area contributed by atoms with Gasteiger partial charge in [-0.2, -0.15) is 0 Å². The average Bonchev–Trinajstić information content (AvgIpc) is 2.78. The van der Waals surface area contributed by atoms with Gasteiger partial charge in [0.1, 0.15) is 5.10 Å². The van der Waals surface area contributed by atoms with Crippen LogP contribution in [0.1, 0.15) is 5.56 Å². The summed E-state index contributed by atoms with van der Waals surface area (Å²) < 4.78 is 0. The minimum Gasteiger partial charge on any atom is -0.349 e. The Labute approximate surface area is 115 Å². The van der Waals surface area contributed by atoms with E-state index in [4.69, 9.17) is 0 Å². The highest BCUT2D eigenvalue weighted by atomic mass is 32.1. The molecule has 0 radical (unpaired) electrons. The molecule has 1 aromatic carbocycles. The van der Waals surface area contributed by atoms with Crippen LogP contribution in [0.15, 0.2) is 33.2 Å². The Kier molecular flexibility index (Phi) is 4.00. The second-order valence-corrected chi connectivity index (χ2v) is 4.43. The minimum atomic E-state index is -0.728. The zero-order valence-corrected chi connectivity index (χ0v) is 11.2. The van der Waals surface area contributed by atoms with Gasteiger partial charge < -0.3 is 5.32 Å². The van der Waals surface area contributed by atoms with Crippen LogP contribution in [0, 0.1) is 17.0 Å². The molecule has 8 heteroatoms. The van der Waals surface area contributed by atoms with E-state index in [9.17, 15) is 10.1 Å². The SMILES string of the molecule is Cc1c(S)cccc1N=CN1CCNC1=N[N+](=O)[O-]. The monoisotopic (exact) mass is 279 g/mol. The Morgan fingerprint density at radius 2 is 2.37 bits per heavy atom. The fourth-order valence-corrected chi connectivity index (χ4v) is 1.86. The Bertz CT molecular complexity index is 558.